The van der Waals surface area contributed by atoms with Crippen LogP contribution in [-0.2, 0) is 0 Å². The molecule has 0 saturated heterocycles. The Morgan fingerprint density at radius 3 is 2.81 bits per heavy atom. The molecule has 0 aliphatic carbocycles. The van der Waals surface area contributed by atoms with Crippen LogP contribution in [0.5, 0.6) is 5.88 Å². The minimum atomic E-state index is 0.0745. The number of nitrogens with two attached hydrogens (primary N) is 1. The Hall–Kier alpha value is -2.11. The number of nitrogens with zero attached hydrogens (tertiary/aromatic N) is 4. The summed E-state index contributed by atoms with van der Waals surface area (Å²) in [5, 5.41) is 4.02. The molecule has 0 fully saturated rings. The molecule has 2 heterocycles. The van der Waals surface area contributed by atoms with Crippen molar-refractivity contribution in [1.29, 1.82) is 0 Å². The van der Waals surface area contributed by atoms with Crippen LogP contribution >= 0.6 is 0 Å². The molecule has 2 aromatic rings. The van der Waals surface area contributed by atoms with Crippen molar-refractivity contribution in [2.24, 2.45) is 0 Å². The monoisotopic (exact) mass is 219 g/mol. The second-order valence-electron chi connectivity index (χ2n) is 3.55. The fourth-order valence-electron chi connectivity index (χ4n) is 1.20. The van der Waals surface area contributed by atoms with Gasteiger partial charge in [-0.05, 0) is 13.8 Å². The van der Waals surface area contributed by atoms with Crippen molar-refractivity contribution < 1.29 is 4.74 Å². The molecule has 0 bridgehead atoms. The molecule has 16 heavy (non-hydrogen) atoms. The number of anilines is 1. The van der Waals surface area contributed by atoms with Gasteiger partial charge >= 0.3 is 0 Å². The van der Waals surface area contributed by atoms with Gasteiger partial charge < -0.3 is 10.5 Å². The summed E-state index contributed by atoms with van der Waals surface area (Å²) in [6.45, 7) is 3.88. The molecule has 0 unspecified atom stereocenters. The van der Waals surface area contributed by atoms with Crippen molar-refractivity contribution in [2.45, 2.75) is 20.0 Å². The van der Waals surface area contributed by atoms with Crippen LogP contribution in [0.1, 0.15) is 13.8 Å². The first-order valence-electron chi connectivity index (χ1n) is 4.96. The smallest absolute Gasteiger partial charge is 0.253 e. The lowest BCUT2D eigenvalue weighted by atomic mass is 10.5. The van der Waals surface area contributed by atoms with E-state index in [1.54, 1.807) is 24.5 Å². The van der Waals surface area contributed by atoms with Crippen molar-refractivity contribution >= 4 is 5.82 Å². The van der Waals surface area contributed by atoms with Crippen LogP contribution in [0.2, 0.25) is 0 Å². The predicted octanol–water partition coefficient (Wildman–Crippen LogP) is 1.03. The van der Waals surface area contributed by atoms with E-state index in [0.717, 1.165) is 0 Å². The topological polar surface area (TPSA) is 78.9 Å². The van der Waals surface area contributed by atoms with E-state index in [4.69, 9.17) is 10.5 Å². The summed E-state index contributed by atoms with van der Waals surface area (Å²) >= 11 is 0. The van der Waals surface area contributed by atoms with Gasteiger partial charge in [0.05, 0.1) is 6.10 Å². The van der Waals surface area contributed by atoms with Crippen LogP contribution in [0, 0.1) is 0 Å². The molecule has 0 spiro atoms. The van der Waals surface area contributed by atoms with Crippen molar-refractivity contribution in [1.82, 2.24) is 19.7 Å². The van der Waals surface area contributed by atoms with Gasteiger partial charge in [-0.25, -0.2) is 9.67 Å². The number of hydrogen-bond acceptors (Lipinski definition) is 5. The Morgan fingerprint density at radius 1 is 1.38 bits per heavy atom. The summed E-state index contributed by atoms with van der Waals surface area (Å²) in [4.78, 5) is 8.29. The Kier molecular flexibility index (Phi) is 2.72. The molecule has 0 radical (unpaired) electrons. The molecule has 0 saturated carbocycles. The number of hydrogen-bond donors (Lipinski definition) is 1. The molecule has 6 heteroatoms. The van der Waals surface area contributed by atoms with Gasteiger partial charge in [0.1, 0.15) is 5.82 Å². The number of aromatic nitrogens is 4. The fraction of sp³-hybridized carbons (Fsp3) is 0.300. The van der Waals surface area contributed by atoms with E-state index in [1.165, 1.54) is 4.68 Å². The third kappa shape index (κ3) is 2.28. The van der Waals surface area contributed by atoms with E-state index in [9.17, 15) is 0 Å². The summed E-state index contributed by atoms with van der Waals surface area (Å²) in [6.07, 6.45) is 3.40. The van der Waals surface area contributed by atoms with E-state index in [1.807, 2.05) is 13.8 Å². The zero-order valence-electron chi connectivity index (χ0n) is 9.16. The summed E-state index contributed by atoms with van der Waals surface area (Å²) < 4.78 is 6.96. The first-order valence-corrected chi connectivity index (χ1v) is 4.96. The Balaban J connectivity index is 2.28. The molecular weight excluding hydrogens is 206 g/mol. The van der Waals surface area contributed by atoms with E-state index in [2.05, 4.69) is 15.1 Å². The highest BCUT2D eigenvalue weighted by atomic mass is 16.5. The molecule has 84 valence electrons. The van der Waals surface area contributed by atoms with Crippen LogP contribution in [0.25, 0.3) is 5.95 Å². The van der Waals surface area contributed by atoms with Crippen molar-refractivity contribution in [2.75, 3.05) is 5.73 Å². The minimum Gasteiger partial charge on any atom is -0.475 e. The predicted molar refractivity (Wildman–Crippen MR) is 59.3 cm³/mol. The molecule has 2 N–H and O–H groups in total. The first-order chi connectivity index (χ1) is 7.65. The molecule has 0 aliphatic heterocycles. The molecule has 2 aromatic heterocycles. The second kappa shape index (κ2) is 4.18. The lowest BCUT2D eigenvalue weighted by molar-refractivity contribution is 0.232. The zero-order chi connectivity index (χ0) is 11.5. The van der Waals surface area contributed by atoms with Crippen molar-refractivity contribution in [3.63, 3.8) is 0 Å². The maximum Gasteiger partial charge on any atom is 0.253 e. The minimum absolute atomic E-state index is 0.0745. The van der Waals surface area contributed by atoms with Crippen LogP contribution in [0.3, 0.4) is 0 Å². The molecule has 0 atom stereocenters. The van der Waals surface area contributed by atoms with E-state index < -0.39 is 0 Å². The van der Waals surface area contributed by atoms with E-state index >= 15 is 0 Å². The molecular formula is C10H13N5O. The standard InChI is InChI=1S/C10H13N5O/c1-7(2)16-9-3-5-12-10(13-9)15-6-4-8(11)14-15/h3-7H,1-2H3,(H2,11,14). The second-order valence-corrected chi connectivity index (χ2v) is 3.55. The third-order valence-electron chi connectivity index (χ3n) is 1.79. The van der Waals surface area contributed by atoms with E-state index in [-0.39, 0.29) is 6.10 Å². The summed E-state index contributed by atoms with van der Waals surface area (Å²) in [7, 11) is 0. The first kappa shape index (κ1) is 10.4. The SMILES string of the molecule is CC(C)Oc1ccnc(-n2ccc(N)n2)n1. The van der Waals surface area contributed by atoms with Gasteiger partial charge in [-0.3, -0.25) is 0 Å². The van der Waals surface area contributed by atoms with Gasteiger partial charge in [-0.2, -0.15) is 4.98 Å². The third-order valence-corrected chi connectivity index (χ3v) is 1.79. The largest absolute Gasteiger partial charge is 0.475 e. The maximum atomic E-state index is 5.52. The Morgan fingerprint density at radius 2 is 2.19 bits per heavy atom. The van der Waals surface area contributed by atoms with Gasteiger partial charge in [0, 0.05) is 24.5 Å². The van der Waals surface area contributed by atoms with Crippen molar-refractivity contribution in [3.8, 4) is 11.8 Å². The molecule has 0 amide bonds. The van der Waals surface area contributed by atoms with Gasteiger partial charge in [0.15, 0.2) is 0 Å². The summed E-state index contributed by atoms with van der Waals surface area (Å²) in [5.41, 5.74) is 5.52. The van der Waals surface area contributed by atoms with Gasteiger partial charge in [-0.1, -0.05) is 0 Å². The fourth-order valence-corrected chi connectivity index (χ4v) is 1.20. The highest BCUT2D eigenvalue weighted by Crippen LogP contribution is 2.10. The lowest BCUT2D eigenvalue weighted by Crippen LogP contribution is -2.09. The summed E-state index contributed by atoms with van der Waals surface area (Å²) in [6, 6.07) is 3.38. The van der Waals surface area contributed by atoms with Crippen molar-refractivity contribution in [3.05, 3.63) is 24.5 Å². The molecule has 2 rings (SSSR count). The number of rotatable bonds is 3. The van der Waals surface area contributed by atoms with Gasteiger partial charge in [0.2, 0.25) is 5.88 Å². The zero-order valence-corrected chi connectivity index (χ0v) is 9.16. The van der Waals surface area contributed by atoms with Gasteiger partial charge in [0.25, 0.3) is 5.95 Å². The highest BCUT2D eigenvalue weighted by Gasteiger charge is 2.05. The van der Waals surface area contributed by atoms with Crippen LogP contribution in [-0.4, -0.2) is 25.9 Å². The number of ether oxygens (including phenoxy) is 1. The average Bonchev–Trinajstić information content (AvgIpc) is 2.64. The van der Waals surface area contributed by atoms with E-state index in [0.29, 0.717) is 17.6 Å². The Labute approximate surface area is 93.1 Å². The normalized spacial score (nSPS) is 10.7. The number of nitrogen functional groups attached to an aromatic ring is 1. The molecule has 0 aliphatic rings. The van der Waals surface area contributed by atoms with Crippen LogP contribution in [0.4, 0.5) is 5.82 Å². The quantitative estimate of drug-likeness (QED) is 0.834. The highest BCUT2D eigenvalue weighted by molar-refractivity contribution is 5.27. The summed E-state index contributed by atoms with van der Waals surface area (Å²) in [5.74, 6) is 1.39. The van der Waals surface area contributed by atoms with Crippen LogP contribution < -0.4 is 10.5 Å². The lowest BCUT2D eigenvalue weighted by Gasteiger charge is -2.08. The van der Waals surface area contributed by atoms with Gasteiger partial charge in [-0.15, -0.1) is 5.10 Å². The van der Waals surface area contributed by atoms with Crippen LogP contribution in [0.15, 0.2) is 24.5 Å². The maximum absolute atomic E-state index is 5.52. The Bertz CT molecular complexity index is 480. The molecule has 6 nitrogen and oxygen atoms in total. The molecule has 0 aromatic carbocycles. The average molecular weight is 219 g/mol.